The molecule has 26 heavy (non-hydrogen) atoms. The molecular formula is C13H10F3N5O4S. The Morgan fingerprint density at radius 1 is 1.46 bits per heavy atom. The lowest BCUT2D eigenvalue weighted by Gasteiger charge is -2.07. The molecule has 0 fully saturated rings. The second kappa shape index (κ2) is 7.35. The number of carbonyl (C=O) groups excluding carboxylic acids is 1. The molecular weight excluding hydrogens is 379 g/mol. The summed E-state index contributed by atoms with van der Waals surface area (Å²) in [6.07, 6.45) is -3.58. The maximum atomic E-state index is 13.1. The number of rotatable bonds is 6. The minimum absolute atomic E-state index is 0.0910. The third kappa shape index (κ3) is 4.24. The molecule has 1 amide bonds. The van der Waals surface area contributed by atoms with E-state index in [0.717, 1.165) is 12.1 Å². The highest BCUT2D eigenvalue weighted by Gasteiger charge is 2.40. The highest BCUT2D eigenvalue weighted by atomic mass is 32.1. The zero-order valence-corrected chi connectivity index (χ0v) is 13.6. The smallest absolute Gasteiger partial charge is 0.435 e. The fraction of sp³-hybridized carbons (Fsp3) is 0.154. The Balaban J connectivity index is 2.31. The first kappa shape index (κ1) is 19.1. The molecule has 0 unspecified atom stereocenters. The number of hydrogen-bond acceptors (Lipinski definition) is 8. The second-order valence-corrected chi connectivity index (χ2v) is 5.53. The summed E-state index contributed by atoms with van der Waals surface area (Å²) in [7, 11) is 0. The highest BCUT2D eigenvalue weighted by molar-refractivity contribution is 7.15. The van der Waals surface area contributed by atoms with Crippen LogP contribution in [0.2, 0.25) is 0 Å². The largest absolute Gasteiger partial charge is 0.466 e. The van der Waals surface area contributed by atoms with E-state index < -0.39 is 39.1 Å². The van der Waals surface area contributed by atoms with Gasteiger partial charge in [0, 0.05) is 6.07 Å². The Morgan fingerprint density at radius 2 is 2.15 bits per heavy atom. The van der Waals surface area contributed by atoms with Crippen LogP contribution in [-0.4, -0.2) is 27.4 Å². The first-order chi connectivity index (χ1) is 12.1. The number of hydrogen-bond donors (Lipinski definition) is 2. The molecule has 2 aromatic heterocycles. The molecule has 0 aliphatic rings. The minimum atomic E-state index is -4.89. The van der Waals surface area contributed by atoms with E-state index in [0.29, 0.717) is 11.3 Å². The molecule has 138 valence electrons. The lowest BCUT2D eigenvalue weighted by Crippen LogP contribution is -2.18. The zero-order valence-electron chi connectivity index (χ0n) is 12.7. The Hall–Kier alpha value is -3.22. The van der Waals surface area contributed by atoms with Gasteiger partial charge in [0.2, 0.25) is 5.82 Å². The van der Waals surface area contributed by atoms with Crippen LogP contribution < -0.4 is 15.8 Å². The fourth-order valence-electron chi connectivity index (χ4n) is 1.70. The summed E-state index contributed by atoms with van der Waals surface area (Å²) in [4.78, 5) is 28.1. The number of aromatic nitrogens is 2. The summed E-state index contributed by atoms with van der Waals surface area (Å²) >= 11 is 0.386. The second-order valence-electron chi connectivity index (χ2n) is 4.57. The first-order valence-corrected chi connectivity index (χ1v) is 7.49. The number of nitrogen functional groups attached to an aromatic ring is 1. The highest BCUT2D eigenvalue weighted by Crippen LogP contribution is 2.37. The molecule has 13 heteroatoms. The first-order valence-electron chi connectivity index (χ1n) is 6.67. The standard InChI is InChI=1S/C13H10F3N5O4S/c1-2-5-25-12-20-9(13(14,15)16)8(26-12)11(22)19-7-4-3-6(21(23)24)10(17)18-7/h2-4H,1,5H2,(H3,17,18,19,22). The lowest BCUT2D eigenvalue weighted by atomic mass is 10.3. The van der Waals surface area contributed by atoms with E-state index in [9.17, 15) is 28.1 Å². The van der Waals surface area contributed by atoms with Crippen LogP contribution in [0.15, 0.2) is 24.8 Å². The summed E-state index contributed by atoms with van der Waals surface area (Å²) in [6.45, 7) is 3.26. The van der Waals surface area contributed by atoms with E-state index in [1.54, 1.807) is 0 Å². The molecule has 9 nitrogen and oxygen atoms in total. The Kier molecular flexibility index (Phi) is 5.40. The molecule has 0 saturated heterocycles. The van der Waals surface area contributed by atoms with Crippen LogP contribution in [0.4, 0.5) is 30.5 Å². The average Bonchev–Trinajstić information content (AvgIpc) is 2.97. The van der Waals surface area contributed by atoms with Gasteiger partial charge in [-0.1, -0.05) is 24.0 Å². The van der Waals surface area contributed by atoms with Gasteiger partial charge in [0.25, 0.3) is 11.1 Å². The Labute approximate surface area is 147 Å². The van der Waals surface area contributed by atoms with Crippen molar-refractivity contribution in [3.05, 3.63) is 45.5 Å². The third-order valence-electron chi connectivity index (χ3n) is 2.75. The van der Waals surface area contributed by atoms with Crippen LogP contribution in [0.5, 0.6) is 5.19 Å². The maximum Gasteiger partial charge on any atom is 0.435 e. The van der Waals surface area contributed by atoms with Crippen molar-refractivity contribution >= 4 is 34.6 Å². The van der Waals surface area contributed by atoms with Gasteiger partial charge in [-0.25, -0.2) is 4.98 Å². The van der Waals surface area contributed by atoms with Gasteiger partial charge >= 0.3 is 11.9 Å². The Bertz CT molecular complexity index is 868. The van der Waals surface area contributed by atoms with E-state index in [2.05, 4.69) is 21.9 Å². The van der Waals surface area contributed by atoms with Gasteiger partial charge in [0.1, 0.15) is 17.3 Å². The number of nitrogens with one attached hydrogen (secondary N) is 1. The quantitative estimate of drug-likeness (QED) is 0.441. The number of ether oxygens (including phenoxy) is 1. The molecule has 3 N–H and O–H groups in total. The number of pyridine rings is 1. The number of nitrogens with zero attached hydrogens (tertiary/aromatic N) is 3. The predicted octanol–water partition coefficient (Wildman–Crippen LogP) is 2.86. The number of nitro groups is 1. The summed E-state index contributed by atoms with van der Waals surface area (Å²) in [5, 5.41) is 12.4. The molecule has 0 aliphatic carbocycles. The molecule has 2 aromatic rings. The van der Waals surface area contributed by atoms with E-state index in [-0.39, 0.29) is 17.6 Å². The summed E-state index contributed by atoms with van der Waals surface area (Å²) in [5.74, 6) is -1.92. The van der Waals surface area contributed by atoms with Crippen molar-refractivity contribution in [1.82, 2.24) is 9.97 Å². The van der Waals surface area contributed by atoms with E-state index in [4.69, 9.17) is 10.5 Å². The van der Waals surface area contributed by atoms with Crippen LogP contribution in [0.25, 0.3) is 0 Å². The van der Waals surface area contributed by atoms with Crippen LogP contribution >= 0.6 is 11.3 Å². The number of halogens is 3. The zero-order chi connectivity index (χ0) is 19.5. The summed E-state index contributed by atoms with van der Waals surface area (Å²) < 4.78 is 44.1. The van der Waals surface area contributed by atoms with E-state index in [1.165, 1.54) is 6.08 Å². The van der Waals surface area contributed by atoms with Gasteiger partial charge in [0.15, 0.2) is 5.69 Å². The van der Waals surface area contributed by atoms with Crippen LogP contribution in [-0.2, 0) is 6.18 Å². The molecule has 0 saturated carbocycles. The van der Waals surface area contributed by atoms with Crippen molar-refractivity contribution in [1.29, 1.82) is 0 Å². The number of thiazole rings is 1. The number of alkyl halides is 3. The van der Waals surface area contributed by atoms with Crippen molar-refractivity contribution < 1.29 is 27.6 Å². The monoisotopic (exact) mass is 389 g/mol. The van der Waals surface area contributed by atoms with Crippen molar-refractivity contribution in [3.8, 4) is 5.19 Å². The minimum Gasteiger partial charge on any atom is -0.466 e. The molecule has 0 radical (unpaired) electrons. The summed E-state index contributed by atoms with van der Waals surface area (Å²) in [6, 6.07) is 2.00. The average molecular weight is 389 g/mol. The van der Waals surface area contributed by atoms with Gasteiger partial charge < -0.3 is 15.8 Å². The van der Waals surface area contributed by atoms with E-state index >= 15 is 0 Å². The van der Waals surface area contributed by atoms with Gasteiger partial charge in [0.05, 0.1) is 4.92 Å². The third-order valence-corrected chi connectivity index (χ3v) is 3.71. The van der Waals surface area contributed by atoms with Gasteiger partial charge in [-0.15, -0.1) is 0 Å². The van der Waals surface area contributed by atoms with E-state index in [1.807, 2.05) is 0 Å². The molecule has 0 aromatic carbocycles. The topological polar surface area (TPSA) is 133 Å². The molecule has 2 rings (SSSR count). The fourth-order valence-corrected chi connectivity index (χ4v) is 2.54. The number of amides is 1. The van der Waals surface area contributed by atoms with Crippen molar-refractivity contribution in [2.45, 2.75) is 6.18 Å². The van der Waals surface area contributed by atoms with Crippen LogP contribution in [0.3, 0.4) is 0 Å². The van der Waals surface area contributed by atoms with Gasteiger partial charge in [-0.05, 0) is 6.07 Å². The number of anilines is 2. The number of carbonyl (C=O) groups is 1. The molecule has 0 atom stereocenters. The molecule has 2 heterocycles. The molecule has 0 bridgehead atoms. The van der Waals surface area contributed by atoms with Gasteiger partial charge in [-0.2, -0.15) is 18.2 Å². The predicted molar refractivity (Wildman–Crippen MR) is 86.1 cm³/mol. The number of nitrogens with two attached hydrogens (primary N) is 1. The van der Waals surface area contributed by atoms with Crippen molar-refractivity contribution in [2.24, 2.45) is 0 Å². The van der Waals surface area contributed by atoms with Crippen LogP contribution in [0.1, 0.15) is 15.4 Å². The SMILES string of the molecule is C=CCOc1nc(C(F)(F)F)c(C(=O)Nc2ccc([N+](=O)[O-])c(N)n2)s1. The summed E-state index contributed by atoms with van der Waals surface area (Å²) in [5.41, 5.74) is 3.45. The van der Waals surface area contributed by atoms with Gasteiger partial charge in [-0.3, -0.25) is 14.9 Å². The van der Waals surface area contributed by atoms with Crippen molar-refractivity contribution in [3.63, 3.8) is 0 Å². The Morgan fingerprint density at radius 3 is 2.69 bits per heavy atom. The van der Waals surface area contributed by atoms with Crippen LogP contribution in [0, 0.1) is 10.1 Å². The molecule has 0 aliphatic heterocycles. The maximum absolute atomic E-state index is 13.1. The lowest BCUT2D eigenvalue weighted by molar-refractivity contribution is -0.384. The normalized spacial score (nSPS) is 11.0. The molecule has 0 spiro atoms. The van der Waals surface area contributed by atoms with Crippen molar-refractivity contribution in [2.75, 3.05) is 17.7 Å².